The minimum atomic E-state index is -0.0918. The molecule has 0 fully saturated rings. The molecule has 0 bridgehead atoms. The van der Waals surface area contributed by atoms with Crippen molar-refractivity contribution in [3.05, 3.63) is 0 Å². The molecule has 1 heteroatoms. The highest BCUT2D eigenvalue weighted by Gasteiger charge is 2.07. The van der Waals surface area contributed by atoms with Gasteiger partial charge in [-0.3, -0.25) is 4.39 Å². The van der Waals surface area contributed by atoms with E-state index in [-0.39, 0.29) is 6.67 Å². The fourth-order valence-electron chi connectivity index (χ4n) is 3.08. The monoisotopic (exact) mass is 300 g/mol. The van der Waals surface area contributed by atoms with E-state index in [9.17, 15) is 4.39 Å². The van der Waals surface area contributed by atoms with Gasteiger partial charge in [0.25, 0.3) is 0 Å². The second-order valence-corrected chi connectivity index (χ2v) is 6.84. The smallest absolute Gasteiger partial charge is 0.0922 e. The summed E-state index contributed by atoms with van der Waals surface area (Å²) in [4.78, 5) is 0. The van der Waals surface area contributed by atoms with Crippen LogP contribution in [0.5, 0.6) is 0 Å². The van der Waals surface area contributed by atoms with Crippen LogP contribution in [0.3, 0.4) is 0 Å². The predicted octanol–water partition coefficient (Wildman–Crippen LogP) is 7.85. The van der Waals surface area contributed by atoms with Gasteiger partial charge in [-0.05, 0) is 18.8 Å². The van der Waals surface area contributed by atoms with E-state index in [0.717, 1.165) is 12.8 Å². The Bertz CT molecular complexity index is 179. The van der Waals surface area contributed by atoms with Gasteiger partial charge in [0.05, 0.1) is 6.67 Å². The summed E-state index contributed by atoms with van der Waals surface area (Å²) in [5, 5.41) is 0. The van der Waals surface area contributed by atoms with E-state index in [4.69, 9.17) is 0 Å². The molecule has 1 atom stereocenters. The third-order valence-electron chi connectivity index (χ3n) is 4.65. The maximum Gasteiger partial charge on any atom is 0.0922 e. The maximum atomic E-state index is 13.0. The zero-order chi connectivity index (χ0) is 15.6. The van der Waals surface area contributed by atoms with Crippen molar-refractivity contribution in [2.45, 2.75) is 117 Å². The predicted molar refractivity (Wildman–Crippen MR) is 94.7 cm³/mol. The molecule has 0 aromatic heterocycles. The normalized spacial score (nSPS) is 12.7. The van der Waals surface area contributed by atoms with Crippen LogP contribution in [-0.4, -0.2) is 6.67 Å². The highest BCUT2D eigenvalue weighted by atomic mass is 19.1. The van der Waals surface area contributed by atoms with Crippen LogP contribution >= 0.6 is 0 Å². The van der Waals surface area contributed by atoms with Crippen LogP contribution in [0.2, 0.25) is 0 Å². The second-order valence-electron chi connectivity index (χ2n) is 6.84. The van der Waals surface area contributed by atoms with E-state index in [2.05, 4.69) is 13.8 Å². The lowest BCUT2D eigenvalue weighted by Gasteiger charge is -2.12. The Morgan fingerprint density at radius 3 is 1.19 bits per heavy atom. The molecule has 0 N–H and O–H groups in total. The van der Waals surface area contributed by atoms with E-state index < -0.39 is 0 Å². The SMILES string of the molecule is CCCCCCCCCCC(CF)CCCCCCCC. The molecule has 0 aliphatic rings. The molecule has 1 unspecified atom stereocenters. The zero-order valence-corrected chi connectivity index (χ0v) is 15.0. The lowest BCUT2D eigenvalue weighted by Crippen LogP contribution is -2.03. The van der Waals surface area contributed by atoms with Gasteiger partial charge in [0, 0.05) is 0 Å². The maximum absolute atomic E-state index is 13.0. The Kier molecular flexibility index (Phi) is 17.9. The van der Waals surface area contributed by atoms with Crippen molar-refractivity contribution >= 4 is 0 Å². The van der Waals surface area contributed by atoms with Crippen LogP contribution in [-0.2, 0) is 0 Å². The lowest BCUT2D eigenvalue weighted by molar-refractivity contribution is 0.308. The molecular weight excluding hydrogens is 259 g/mol. The first kappa shape index (κ1) is 20.9. The Balaban J connectivity index is 3.28. The third kappa shape index (κ3) is 16.1. The fraction of sp³-hybridized carbons (Fsp3) is 1.00. The van der Waals surface area contributed by atoms with Crippen LogP contribution in [0.1, 0.15) is 117 Å². The van der Waals surface area contributed by atoms with Gasteiger partial charge in [-0.15, -0.1) is 0 Å². The summed E-state index contributed by atoms with van der Waals surface area (Å²) in [7, 11) is 0. The molecule has 0 amide bonds. The highest BCUT2D eigenvalue weighted by molar-refractivity contribution is 4.59. The molecule has 0 radical (unpaired) electrons. The van der Waals surface area contributed by atoms with Crippen LogP contribution in [0.4, 0.5) is 4.39 Å². The Morgan fingerprint density at radius 1 is 0.524 bits per heavy atom. The molecule has 128 valence electrons. The summed E-state index contributed by atoms with van der Waals surface area (Å²) in [5.41, 5.74) is 0. The minimum Gasteiger partial charge on any atom is -0.251 e. The van der Waals surface area contributed by atoms with Crippen molar-refractivity contribution in [2.24, 2.45) is 5.92 Å². The van der Waals surface area contributed by atoms with Gasteiger partial charge >= 0.3 is 0 Å². The van der Waals surface area contributed by atoms with Gasteiger partial charge in [0.1, 0.15) is 0 Å². The molecular formula is C20H41F. The van der Waals surface area contributed by atoms with Crippen molar-refractivity contribution in [1.29, 1.82) is 0 Å². The van der Waals surface area contributed by atoms with Crippen LogP contribution in [0.25, 0.3) is 0 Å². The number of hydrogen-bond acceptors (Lipinski definition) is 0. The van der Waals surface area contributed by atoms with E-state index in [1.807, 2.05) is 0 Å². The first-order valence-corrected chi connectivity index (χ1v) is 9.91. The van der Waals surface area contributed by atoms with Gasteiger partial charge in [-0.25, -0.2) is 0 Å². The molecule has 0 spiro atoms. The zero-order valence-electron chi connectivity index (χ0n) is 15.0. The highest BCUT2D eigenvalue weighted by Crippen LogP contribution is 2.19. The van der Waals surface area contributed by atoms with Crippen molar-refractivity contribution in [2.75, 3.05) is 6.67 Å². The summed E-state index contributed by atoms with van der Waals surface area (Å²) in [6.07, 6.45) is 21.0. The molecule has 0 nitrogen and oxygen atoms in total. The number of halogens is 1. The molecule has 0 aliphatic carbocycles. The second kappa shape index (κ2) is 18.0. The summed E-state index contributed by atoms with van der Waals surface area (Å²) in [6, 6.07) is 0. The minimum absolute atomic E-state index is 0.0918. The summed E-state index contributed by atoms with van der Waals surface area (Å²) >= 11 is 0. The van der Waals surface area contributed by atoms with Gasteiger partial charge < -0.3 is 0 Å². The van der Waals surface area contributed by atoms with E-state index in [1.54, 1.807) is 0 Å². The number of rotatable bonds is 17. The van der Waals surface area contributed by atoms with Crippen LogP contribution in [0.15, 0.2) is 0 Å². The summed E-state index contributed by atoms with van der Waals surface area (Å²) in [6.45, 7) is 4.43. The summed E-state index contributed by atoms with van der Waals surface area (Å²) in [5.74, 6) is 0.358. The van der Waals surface area contributed by atoms with Crippen LogP contribution in [0, 0.1) is 5.92 Å². The first-order valence-electron chi connectivity index (χ1n) is 9.91. The standard InChI is InChI=1S/C20H41F/c1-3-5-7-9-11-12-14-16-18-20(19-21)17-15-13-10-8-6-4-2/h20H,3-19H2,1-2H3. The van der Waals surface area contributed by atoms with Crippen molar-refractivity contribution < 1.29 is 4.39 Å². The van der Waals surface area contributed by atoms with Crippen molar-refractivity contribution in [3.63, 3.8) is 0 Å². The molecule has 0 saturated carbocycles. The van der Waals surface area contributed by atoms with E-state index in [0.29, 0.717) is 5.92 Å². The number of alkyl halides is 1. The molecule has 0 aromatic rings. The Hall–Kier alpha value is -0.0700. The lowest BCUT2D eigenvalue weighted by atomic mass is 9.95. The van der Waals surface area contributed by atoms with Crippen molar-refractivity contribution in [1.82, 2.24) is 0 Å². The average molecular weight is 301 g/mol. The van der Waals surface area contributed by atoms with Gasteiger partial charge in [0.2, 0.25) is 0 Å². The van der Waals surface area contributed by atoms with Gasteiger partial charge in [-0.1, -0.05) is 104 Å². The third-order valence-corrected chi connectivity index (χ3v) is 4.65. The molecule has 0 aliphatic heterocycles. The molecule has 21 heavy (non-hydrogen) atoms. The van der Waals surface area contributed by atoms with E-state index in [1.165, 1.54) is 89.9 Å². The van der Waals surface area contributed by atoms with Gasteiger partial charge in [0.15, 0.2) is 0 Å². The number of hydrogen-bond donors (Lipinski definition) is 0. The molecule has 0 rings (SSSR count). The Morgan fingerprint density at radius 2 is 0.857 bits per heavy atom. The quantitative estimate of drug-likeness (QED) is 0.240. The van der Waals surface area contributed by atoms with Crippen LogP contribution < -0.4 is 0 Å². The fourth-order valence-corrected chi connectivity index (χ4v) is 3.08. The van der Waals surface area contributed by atoms with Gasteiger partial charge in [-0.2, -0.15) is 0 Å². The number of unbranched alkanes of at least 4 members (excludes halogenated alkanes) is 12. The first-order chi connectivity index (χ1) is 10.3. The topological polar surface area (TPSA) is 0 Å². The molecule has 0 saturated heterocycles. The largest absolute Gasteiger partial charge is 0.251 e. The molecule has 0 heterocycles. The van der Waals surface area contributed by atoms with Crippen molar-refractivity contribution in [3.8, 4) is 0 Å². The molecule has 0 aromatic carbocycles. The summed E-state index contributed by atoms with van der Waals surface area (Å²) < 4.78 is 13.0. The van der Waals surface area contributed by atoms with E-state index >= 15 is 0 Å². The Labute approximate surface area is 134 Å². The average Bonchev–Trinajstić information content (AvgIpc) is 2.51.